The molecule has 0 fully saturated rings. The number of aryl methyl sites for hydroxylation is 1. The number of rotatable bonds is 3. The van der Waals surface area contributed by atoms with E-state index in [0.29, 0.717) is 5.69 Å². The second-order valence-electron chi connectivity index (χ2n) is 3.48. The molecule has 2 rings (SSSR count). The van der Waals surface area contributed by atoms with Gasteiger partial charge in [0.1, 0.15) is 6.33 Å². The fourth-order valence-corrected chi connectivity index (χ4v) is 1.76. The minimum atomic E-state index is -0.415. The highest BCUT2D eigenvalue weighted by Crippen LogP contribution is 2.21. The van der Waals surface area contributed by atoms with E-state index in [9.17, 15) is 4.39 Å². The molecule has 3 nitrogen and oxygen atoms in total. The molecule has 0 amide bonds. The Morgan fingerprint density at radius 3 is 2.53 bits per heavy atom. The van der Waals surface area contributed by atoms with Gasteiger partial charge in [0, 0.05) is 10.6 Å². The Morgan fingerprint density at radius 1 is 1.18 bits per heavy atom. The summed E-state index contributed by atoms with van der Waals surface area (Å²) in [5.74, 6) is -0.212. The molecule has 88 valence electrons. The fraction of sp³-hybridized carbons (Fsp3) is 0.167. The van der Waals surface area contributed by atoms with E-state index < -0.39 is 5.82 Å². The maximum atomic E-state index is 13.6. The average molecular weight is 249 g/mol. The van der Waals surface area contributed by atoms with Crippen molar-refractivity contribution in [2.24, 2.45) is 0 Å². The van der Waals surface area contributed by atoms with Crippen LogP contribution >= 0.6 is 11.8 Å². The summed E-state index contributed by atoms with van der Waals surface area (Å²) in [6.45, 7) is 1.61. The molecule has 0 atom stereocenters. The van der Waals surface area contributed by atoms with E-state index in [0.717, 1.165) is 10.6 Å². The SMILES string of the molecule is CSc1ccc(Nc2ncnc(C)c2F)cc1. The first-order valence-corrected chi connectivity index (χ1v) is 6.31. The van der Waals surface area contributed by atoms with Crippen molar-refractivity contribution in [2.75, 3.05) is 11.6 Å². The summed E-state index contributed by atoms with van der Waals surface area (Å²) in [6, 6.07) is 7.73. The number of halogens is 1. The monoisotopic (exact) mass is 249 g/mol. The summed E-state index contributed by atoms with van der Waals surface area (Å²) in [5, 5.41) is 2.93. The molecule has 0 aliphatic carbocycles. The Kier molecular flexibility index (Phi) is 3.58. The number of nitrogens with one attached hydrogen (secondary N) is 1. The van der Waals surface area contributed by atoms with Crippen LogP contribution < -0.4 is 5.32 Å². The van der Waals surface area contributed by atoms with Gasteiger partial charge in [-0.15, -0.1) is 11.8 Å². The van der Waals surface area contributed by atoms with Gasteiger partial charge in [-0.05, 0) is 37.4 Å². The van der Waals surface area contributed by atoms with Gasteiger partial charge in [-0.25, -0.2) is 14.4 Å². The van der Waals surface area contributed by atoms with Crippen LogP contribution in [-0.2, 0) is 0 Å². The predicted molar refractivity (Wildman–Crippen MR) is 68.2 cm³/mol. The minimum Gasteiger partial charge on any atom is -0.338 e. The van der Waals surface area contributed by atoms with Crippen molar-refractivity contribution >= 4 is 23.3 Å². The van der Waals surface area contributed by atoms with Crippen molar-refractivity contribution in [3.05, 3.63) is 42.1 Å². The van der Waals surface area contributed by atoms with Gasteiger partial charge in [-0.3, -0.25) is 0 Å². The Hall–Kier alpha value is -1.62. The first kappa shape index (κ1) is 11.9. The van der Waals surface area contributed by atoms with Crippen LogP contribution in [-0.4, -0.2) is 16.2 Å². The number of nitrogens with zero attached hydrogens (tertiary/aromatic N) is 2. The van der Waals surface area contributed by atoms with Gasteiger partial charge in [0.2, 0.25) is 0 Å². The first-order valence-electron chi connectivity index (χ1n) is 5.09. The van der Waals surface area contributed by atoms with E-state index in [1.54, 1.807) is 18.7 Å². The van der Waals surface area contributed by atoms with Gasteiger partial charge in [0.15, 0.2) is 11.6 Å². The molecule has 0 aliphatic rings. The summed E-state index contributed by atoms with van der Waals surface area (Å²) in [7, 11) is 0. The van der Waals surface area contributed by atoms with Crippen molar-refractivity contribution in [1.29, 1.82) is 0 Å². The molecule has 0 unspecified atom stereocenters. The van der Waals surface area contributed by atoms with Crippen molar-refractivity contribution in [3.63, 3.8) is 0 Å². The van der Waals surface area contributed by atoms with Crippen LogP contribution in [0.4, 0.5) is 15.9 Å². The van der Waals surface area contributed by atoms with Crippen LogP contribution in [0.15, 0.2) is 35.5 Å². The maximum absolute atomic E-state index is 13.6. The lowest BCUT2D eigenvalue weighted by atomic mass is 10.3. The highest BCUT2D eigenvalue weighted by Gasteiger charge is 2.07. The molecule has 0 radical (unpaired) electrons. The number of benzene rings is 1. The minimum absolute atomic E-state index is 0.203. The van der Waals surface area contributed by atoms with Gasteiger partial charge in [0.05, 0.1) is 5.69 Å². The third kappa shape index (κ3) is 2.74. The molecule has 1 N–H and O–H groups in total. The van der Waals surface area contributed by atoms with Crippen molar-refractivity contribution in [3.8, 4) is 0 Å². The zero-order chi connectivity index (χ0) is 12.3. The fourth-order valence-electron chi connectivity index (χ4n) is 1.36. The van der Waals surface area contributed by atoms with Crippen LogP contribution in [0.5, 0.6) is 0 Å². The van der Waals surface area contributed by atoms with E-state index in [1.165, 1.54) is 6.33 Å². The second-order valence-corrected chi connectivity index (χ2v) is 4.35. The molecule has 1 heterocycles. The lowest BCUT2D eigenvalue weighted by Crippen LogP contribution is -2.00. The van der Waals surface area contributed by atoms with Crippen LogP contribution in [0, 0.1) is 12.7 Å². The van der Waals surface area contributed by atoms with Crippen molar-refractivity contribution in [2.45, 2.75) is 11.8 Å². The van der Waals surface area contributed by atoms with E-state index >= 15 is 0 Å². The lowest BCUT2D eigenvalue weighted by Gasteiger charge is -2.07. The zero-order valence-electron chi connectivity index (χ0n) is 9.57. The number of aromatic nitrogens is 2. The van der Waals surface area contributed by atoms with Gasteiger partial charge >= 0.3 is 0 Å². The van der Waals surface area contributed by atoms with Gasteiger partial charge in [0.25, 0.3) is 0 Å². The number of anilines is 2. The molecule has 2 aromatic rings. The molecular formula is C12H12FN3S. The topological polar surface area (TPSA) is 37.8 Å². The van der Waals surface area contributed by atoms with Crippen LogP contribution in [0.25, 0.3) is 0 Å². The zero-order valence-corrected chi connectivity index (χ0v) is 10.4. The highest BCUT2D eigenvalue weighted by molar-refractivity contribution is 7.98. The Balaban J connectivity index is 2.22. The van der Waals surface area contributed by atoms with Crippen LogP contribution in [0.1, 0.15) is 5.69 Å². The van der Waals surface area contributed by atoms with E-state index in [2.05, 4.69) is 15.3 Å². The maximum Gasteiger partial charge on any atom is 0.186 e. The molecule has 0 saturated heterocycles. The van der Waals surface area contributed by atoms with Gasteiger partial charge in [-0.2, -0.15) is 0 Å². The van der Waals surface area contributed by atoms with E-state index in [-0.39, 0.29) is 5.82 Å². The van der Waals surface area contributed by atoms with Gasteiger partial charge in [-0.1, -0.05) is 0 Å². The van der Waals surface area contributed by atoms with Crippen LogP contribution in [0.3, 0.4) is 0 Å². The smallest absolute Gasteiger partial charge is 0.186 e. The molecular weight excluding hydrogens is 237 g/mol. The quantitative estimate of drug-likeness (QED) is 0.846. The highest BCUT2D eigenvalue weighted by atomic mass is 32.2. The Morgan fingerprint density at radius 2 is 1.88 bits per heavy atom. The van der Waals surface area contributed by atoms with E-state index in [4.69, 9.17) is 0 Å². The number of hydrogen-bond acceptors (Lipinski definition) is 4. The van der Waals surface area contributed by atoms with Crippen molar-refractivity contribution < 1.29 is 4.39 Å². The third-order valence-electron chi connectivity index (χ3n) is 2.32. The standard InChI is InChI=1S/C12H12FN3S/c1-8-11(13)12(15-7-14-8)16-9-3-5-10(17-2)6-4-9/h3-7H,1-2H3,(H,14,15,16). The Labute approximate surface area is 103 Å². The predicted octanol–water partition coefficient (Wildman–Crippen LogP) is 3.39. The molecule has 17 heavy (non-hydrogen) atoms. The third-order valence-corrected chi connectivity index (χ3v) is 3.06. The molecule has 0 spiro atoms. The Bertz CT molecular complexity index is 514. The summed E-state index contributed by atoms with van der Waals surface area (Å²) >= 11 is 1.66. The summed E-state index contributed by atoms with van der Waals surface area (Å²) in [5.41, 5.74) is 1.14. The molecule has 1 aromatic heterocycles. The molecule has 0 aliphatic heterocycles. The first-order chi connectivity index (χ1) is 8.20. The molecule has 0 saturated carbocycles. The molecule has 5 heteroatoms. The largest absolute Gasteiger partial charge is 0.338 e. The summed E-state index contributed by atoms with van der Waals surface area (Å²) < 4.78 is 13.6. The normalized spacial score (nSPS) is 10.3. The summed E-state index contributed by atoms with van der Waals surface area (Å²) in [4.78, 5) is 8.82. The number of hydrogen-bond donors (Lipinski definition) is 1. The van der Waals surface area contributed by atoms with Crippen molar-refractivity contribution in [1.82, 2.24) is 9.97 Å². The lowest BCUT2D eigenvalue weighted by molar-refractivity contribution is 0.607. The summed E-state index contributed by atoms with van der Waals surface area (Å²) in [6.07, 6.45) is 3.35. The second kappa shape index (κ2) is 5.14. The molecule has 1 aromatic carbocycles. The average Bonchev–Trinajstić information content (AvgIpc) is 2.36. The number of thioether (sulfide) groups is 1. The van der Waals surface area contributed by atoms with E-state index in [1.807, 2.05) is 30.5 Å². The van der Waals surface area contributed by atoms with Gasteiger partial charge < -0.3 is 5.32 Å². The molecule has 0 bridgehead atoms. The van der Waals surface area contributed by atoms with Crippen LogP contribution in [0.2, 0.25) is 0 Å².